The van der Waals surface area contributed by atoms with Crippen LogP contribution in [0.1, 0.15) is 21.5 Å². The molecule has 1 heterocycles. The number of aliphatic hydroxyl groups is 1. The second-order valence-corrected chi connectivity index (χ2v) is 6.75. The second kappa shape index (κ2) is 8.82. The molecular weight excluding hydrogens is 380 g/mol. The van der Waals surface area contributed by atoms with Crippen molar-refractivity contribution >= 4 is 29.7 Å². The van der Waals surface area contributed by atoms with Crippen molar-refractivity contribution in [3.05, 3.63) is 22.8 Å². The first kappa shape index (κ1) is 20.6. The molecule has 27 heavy (non-hydrogen) atoms. The van der Waals surface area contributed by atoms with Gasteiger partial charge in [0.25, 0.3) is 5.91 Å². The van der Waals surface area contributed by atoms with Crippen LogP contribution in [0.4, 0.5) is 4.79 Å². The summed E-state index contributed by atoms with van der Waals surface area (Å²) in [6.07, 6.45) is -4.01. The summed E-state index contributed by atoms with van der Waals surface area (Å²) in [7, 11) is 1.39. The quantitative estimate of drug-likeness (QED) is 0.437. The zero-order valence-electron chi connectivity index (χ0n) is 14.6. The molecule has 0 radical (unpaired) electrons. The molecule has 10 nitrogen and oxygen atoms in total. The van der Waals surface area contributed by atoms with E-state index in [0.717, 1.165) is 0 Å². The molecule has 1 aliphatic rings. The van der Waals surface area contributed by atoms with Gasteiger partial charge in [-0.1, -0.05) is 0 Å². The SMILES string of the molecule is COc1cc(O)c2c(c1C)C(=O)OC[C@H](O)C(=O)N[C@H](NC(=O)O)CSC2. The summed E-state index contributed by atoms with van der Waals surface area (Å²) in [4.78, 5) is 35.3. The predicted octanol–water partition coefficient (Wildman–Crippen LogP) is 0.184. The molecule has 2 rings (SSSR count). The van der Waals surface area contributed by atoms with Crippen molar-refractivity contribution in [3.63, 3.8) is 0 Å². The molecule has 0 spiro atoms. The molecule has 0 bridgehead atoms. The van der Waals surface area contributed by atoms with Gasteiger partial charge in [0.15, 0.2) is 6.10 Å². The number of carbonyl (C=O) groups excluding carboxylic acids is 2. The van der Waals surface area contributed by atoms with Crippen molar-refractivity contribution in [2.45, 2.75) is 24.9 Å². The zero-order valence-corrected chi connectivity index (χ0v) is 15.5. The molecule has 0 unspecified atom stereocenters. The molecule has 0 aliphatic carbocycles. The number of carboxylic acid groups (broad SMARTS) is 1. The minimum absolute atomic E-state index is 0.0790. The van der Waals surface area contributed by atoms with E-state index in [1.54, 1.807) is 6.92 Å². The van der Waals surface area contributed by atoms with Crippen LogP contribution in [0.3, 0.4) is 0 Å². The van der Waals surface area contributed by atoms with Gasteiger partial charge < -0.3 is 35.4 Å². The molecule has 2 atom stereocenters. The molecule has 11 heteroatoms. The van der Waals surface area contributed by atoms with Gasteiger partial charge in [0.05, 0.1) is 12.7 Å². The lowest BCUT2D eigenvalue weighted by molar-refractivity contribution is -0.132. The Morgan fingerprint density at radius 3 is 2.78 bits per heavy atom. The standard InChI is InChI=1S/C16H20N2O8S/c1-7-11(25-2)3-9(19)8-5-27-6-12(18-16(23)24)17-14(21)10(20)4-26-15(22)13(7)8/h3,10,12,18-20H,4-6H2,1-2H3,(H,17,21)(H,23,24)/t10-,12+/m0/s1. The van der Waals surface area contributed by atoms with Crippen molar-refractivity contribution in [2.75, 3.05) is 19.5 Å². The van der Waals surface area contributed by atoms with E-state index < -0.39 is 36.8 Å². The third-order valence-corrected chi connectivity index (χ3v) is 4.93. The largest absolute Gasteiger partial charge is 0.507 e. The van der Waals surface area contributed by atoms with Crippen molar-refractivity contribution in [2.24, 2.45) is 0 Å². The van der Waals surface area contributed by atoms with Gasteiger partial charge in [0.2, 0.25) is 0 Å². The number of esters is 1. The average Bonchev–Trinajstić information content (AvgIpc) is 2.60. The summed E-state index contributed by atoms with van der Waals surface area (Å²) in [6.45, 7) is 0.987. The fourth-order valence-corrected chi connectivity index (χ4v) is 3.57. The number of ether oxygens (including phenoxy) is 2. The van der Waals surface area contributed by atoms with Gasteiger partial charge >= 0.3 is 12.1 Å². The number of hydrogen-bond donors (Lipinski definition) is 5. The Bertz CT molecular complexity index is 754. The van der Waals surface area contributed by atoms with E-state index in [-0.39, 0.29) is 28.6 Å². The number of aliphatic hydroxyl groups excluding tert-OH is 1. The minimum atomic E-state index is -1.68. The molecule has 0 saturated carbocycles. The van der Waals surface area contributed by atoms with Crippen LogP contribution in [0.25, 0.3) is 0 Å². The highest BCUT2D eigenvalue weighted by atomic mass is 32.2. The number of amides is 2. The minimum Gasteiger partial charge on any atom is -0.507 e. The van der Waals surface area contributed by atoms with Crippen molar-refractivity contribution < 1.29 is 39.2 Å². The molecule has 0 saturated heterocycles. The normalized spacial score (nSPS) is 21.0. The van der Waals surface area contributed by atoms with Crippen LogP contribution in [0.15, 0.2) is 6.07 Å². The van der Waals surface area contributed by atoms with Gasteiger partial charge in [0, 0.05) is 28.7 Å². The summed E-state index contributed by atoms with van der Waals surface area (Å²) in [5.41, 5.74) is 0.807. The number of benzene rings is 1. The molecule has 5 N–H and O–H groups in total. The molecule has 148 valence electrons. The van der Waals surface area contributed by atoms with Gasteiger partial charge in [0.1, 0.15) is 24.3 Å². The van der Waals surface area contributed by atoms with Crippen molar-refractivity contribution in [1.82, 2.24) is 10.6 Å². The van der Waals surface area contributed by atoms with E-state index in [9.17, 15) is 24.6 Å². The summed E-state index contributed by atoms with van der Waals surface area (Å²) >= 11 is 1.17. The molecule has 0 aromatic heterocycles. The number of phenols is 1. The Morgan fingerprint density at radius 2 is 2.15 bits per heavy atom. The third-order valence-electron chi connectivity index (χ3n) is 3.87. The Hall–Kier alpha value is -2.66. The lowest BCUT2D eigenvalue weighted by atomic mass is 10.0. The maximum absolute atomic E-state index is 12.5. The second-order valence-electron chi connectivity index (χ2n) is 5.72. The number of rotatable bonds is 2. The van der Waals surface area contributed by atoms with Crippen LogP contribution in [-0.2, 0) is 15.3 Å². The van der Waals surface area contributed by atoms with Gasteiger partial charge in [-0.15, -0.1) is 0 Å². The van der Waals surface area contributed by atoms with Crippen LogP contribution < -0.4 is 15.4 Å². The van der Waals surface area contributed by atoms with E-state index in [1.165, 1.54) is 24.9 Å². The number of thioether (sulfide) groups is 1. The topological polar surface area (TPSA) is 154 Å². The first-order chi connectivity index (χ1) is 12.7. The van der Waals surface area contributed by atoms with E-state index in [2.05, 4.69) is 10.6 Å². The number of fused-ring (bicyclic) bond motifs is 1. The number of aromatic hydroxyl groups is 1. The fourth-order valence-electron chi connectivity index (χ4n) is 2.55. The van der Waals surface area contributed by atoms with E-state index in [1.807, 2.05) is 0 Å². The number of methoxy groups -OCH3 is 1. The third kappa shape index (κ3) is 4.95. The first-order valence-corrected chi connectivity index (χ1v) is 9.02. The monoisotopic (exact) mass is 400 g/mol. The summed E-state index contributed by atoms with van der Waals surface area (Å²) < 4.78 is 10.2. The molecule has 1 aromatic carbocycles. The highest BCUT2D eigenvalue weighted by molar-refractivity contribution is 7.98. The fraction of sp³-hybridized carbons (Fsp3) is 0.438. The molecule has 0 fully saturated rings. The van der Waals surface area contributed by atoms with E-state index in [0.29, 0.717) is 11.1 Å². The number of cyclic esters (lactones) is 1. The molecule has 1 aliphatic heterocycles. The van der Waals surface area contributed by atoms with Crippen LogP contribution >= 0.6 is 11.8 Å². The Labute approximate surface area is 158 Å². The Kier molecular flexibility index (Phi) is 6.75. The summed E-state index contributed by atoms with van der Waals surface area (Å²) in [6, 6.07) is 1.37. The smallest absolute Gasteiger partial charge is 0.406 e. The van der Waals surface area contributed by atoms with Gasteiger partial charge in [-0.05, 0) is 6.92 Å². The van der Waals surface area contributed by atoms with E-state index >= 15 is 0 Å². The Morgan fingerprint density at radius 1 is 1.44 bits per heavy atom. The van der Waals surface area contributed by atoms with Crippen LogP contribution in [0.5, 0.6) is 11.5 Å². The molecular formula is C16H20N2O8S. The number of nitrogens with one attached hydrogen (secondary N) is 2. The molecule has 2 amide bonds. The number of phenolic OH excluding ortho intramolecular Hbond substituents is 1. The molecule has 1 aromatic rings. The van der Waals surface area contributed by atoms with E-state index in [4.69, 9.17) is 14.6 Å². The lowest BCUT2D eigenvalue weighted by Gasteiger charge is -2.23. The lowest BCUT2D eigenvalue weighted by Crippen LogP contribution is -2.52. The van der Waals surface area contributed by atoms with Crippen LogP contribution in [0, 0.1) is 6.92 Å². The Balaban J connectivity index is 2.41. The van der Waals surface area contributed by atoms with Crippen LogP contribution in [-0.4, -0.2) is 65.0 Å². The van der Waals surface area contributed by atoms with Crippen molar-refractivity contribution in [3.8, 4) is 11.5 Å². The number of carbonyl (C=O) groups is 3. The van der Waals surface area contributed by atoms with Gasteiger partial charge in [-0.3, -0.25) is 4.79 Å². The van der Waals surface area contributed by atoms with Gasteiger partial charge in [-0.2, -0.15) is 11.8 Å². The highest BCUT2D eigenvalue weighted by Crippen LogP contribution is 2.35. The highest BCUT2D eigenvalue weighted by Gasteiger charge is 2.27. The maximum Gasteiger partial charge on any atom is 0.406 e. The number of hydrogen-bond acceptors (Lipinski definition) is 8. The average molecular weight is 400 g/mol. The maximum atomic E-state index is 12.5. The van der Waals surface area contributed by atoms with Crippen LogP contribution in [0.2, 0.25) is 0 Å². The summed E-state index contributed by atoms with van der Waals surface area (Å²) in [5.74, 6) is -1.34. The zero-order chi connectivity index (χ0) is 20.1. The van der Waals surface area contributed by atoms with Crippen molar-refractivity contribution in [1.29, 1.82) is 0 Å². The summed E-state index contributed by atoms with van der Waals surface area (Å²) in [5, 5.41) is 33.5. The predicted molar refractivity (Wildman–Crippen MR) is 94.9 cm³/mol. The van der Waals surface area contributed by atoms with Gasteiger partial charge in [-0.25, -0.2) is 9.59 Å². The first-order valence-electron chi connectivity index (χ1n) is 7.86.